The average molecular weight is 226 g/mol. The molecule has 0 amide bonds. The molecular formula is C14H10O3. The Morgan fingerprint density at radius 3 is 2.76 bits per heavy atom. The molecule has 1 aromatic carbocycles. The van der Waals surface area contributed by atoms with Crippen LogP contribution in [0, 0.1) is 11.8 Å². The molecule has 1 aromatic heterocycles. The quantitative estimate of drug-likeness (QED) is 0.583. The Labute approximate surface area is 99.0 Å². The SMILES string of the molecule is O=C(OCC#Cc1ccccc1)c1ccoc1. The first kappa shape index (κ1) is 11.0. The van der Waals surface area contributed by atoms with Crippen LogP contribution in [-0.2, 0) is 4.74 Å². The van der Waals surface area contributed by atoms with Crippen LogP contribution in [0.1, 0.15) is 15.9 Å². The predicted molar refractivity (Wildman–Crippen MR) is 62.3 cm³/mol. The third-order valence-electron chi connectivity index (χ3n) is 2.04. The van der Waals surface area contributed by atoms with E-state index in [1.807, 2.05) is 30.3 Å². The van der Waals surface area contributed by atoms with E-state index in [-0.39, 0.29) is 6.61 Å². The van der Waals surface area contributed by atoms with Gasteiger partial charge in [0.15, 0.2) is 6.61 Å². The first-order valence-electron chi connectivity index (χ1n) is 5.09. The van der Waals surface area contributed by atoms with Crippen LogP contribution in [-0.4, -0.2) is 12.6 Å². The van der Waals surface area contributed by atoms with Crippen LogP contribution in [0.4, 0.5) is 0 Å². The number of benzene rings is 1. The van der Waals surface area contributed by atoms with E-state index < -0.39 is 5.97 Å². The van der Waals surface area contributed by atoms with Crippen molar-refractivity contribution >= 4 is 5.97 Å². The summed E-state index contributed by atoms with van der Waals surface area (Å²) in [5, 5.41) is 0. The summed E-state index contributed by atoms with van der Waals surface area (Å²) >= 11 is 0. The molecule has 0 unspecified atom stereocenters. The summed E-state index contributed by atoms with van der Waals surface area (Å²) in [6, 6.07) is 11.1. The fraction of sp³-hybridized carbons (Fsp3) is 0.0714. The van der Waals surface area contributed by atoms with E-state index in [2.05, 4.69) is 11.8 Å². The molecule has 0 aliphatic rings. The minimum Gasteiger partial charge on any atom is -0.472 e. The van der Waals surface area contributed by atoms with Crippen molar-refractivity contribution in [3.63, 3.8) is 0 Å². The van der Waals surface area contributed by atoms with E-state index in [0.717, 1.165) is 5.56 Å². The first-order valence-corrected chi connectivity index (χ1v) is 5.09. The summed E-state index contributed by atoms with van der Waals surface area (Å²) in [7, 11) is 0. The maximum atomic E-state index is 11.4. The standard InChI is InChI=1S/C14H10O3/c15-14(13-8-10-16-11-13)17-9-4-7-12-5-2-1-3-6-12/h1-3,5-6,8,10-11H,9H2. The van der Waals surface area contributed by atoms with Gasteiger partial charge in [0.2, 0.25) is 0 Å². The van der Waals surface area contributed by atoms with Crippen molar-refractivity contribution in [3.05, 3.63) is 60.1 Å². The molecule has 0 saturated carbocycles. The molecule has 3 heteroatoms. The highest BCUT2D eigenvalue weighted by atomic mass is 16.5. The first-order chi connectivity index (χ1) is 8.36. The summed E-state index contributed by atoms with van der Waals surface area (Å²) in [6.07, 6.45) is 2.76. The van der Waals surface area contributed by atoms with E-state index in [1.165, 1.54) is 12.5 Å². The van der Waals surface area contributed by atoms with E-state index in [0.29, 0.717) is 5.56 Å². The van der Waals surface area contributed by atoms with Gasteiger partial charge in [0, 0.05) is 5.56 Å². The number of carbonyl (C=O) groups excluding carboxylic acids is 1. The summed E-state index contributed by atoms with van der Waals surface area (Å²) in [6.45, 7) is 0.0684. The number of hydrogen-bond acceptors (Lipinski definition) is 3. The van der Waals surface area contributed by atoms with Gasteiger partial charge in [-0.15, -0.1) is 0 Å². The Kier molecular flexibility index (Phi) is 3.61. The molecule has 0 fully saturated rings. The number of rotatable bonds is 2. The Bertz CT molecular complexity index is 530. The summed E-state index contributed by atoms with van der Waals surface area (Å²) < 4.78 is 9.71. The van der Waals surface area contributed by atoms with Gasteiger partial charge in [-0.3, -0.25) is 0 Å². The van der Waals surface area contributed by atoms with Crippen LogP contribution >= 0.6 is 0 Å². The van der Waals surface area contributed by atoms with Crippen molar-refractivity contribution in [2.45, 2.75) is 0 Å². The summed E-state index contributed by atoms with van der Waals surface area (Å²) in [4.78, 5) is 11.4. The Morgan fingerprint density at radius 1 is 1.24 bits per heavy atom. The maximum Gasteiger partial charge on any atom is 0.342 e. The Balaban J connectivity index is 1.85. The molecule has 0 radical (unpaired) electrons. The normalized spacial score (nSPS) is 9.18. The lowest BCUT2D eigenvalue weighted by Crippen LogP contribution is -2.03. The molecule has 0 atom stereocenters. The van der Waals surface area contributed by atoms with Crippen molar-refractivity contribution in [3.8, 4) is 11.8 Å². The predicted octanol–water partition coefficient (Wildman–Crippen LogP) is 2.49. The highest BCUT2D eigenvalue weighted by molar-refractivity contribution is 5.88. The maximum absolute atomic E-state index is 11.4. The number of carbonyl (C=O) groups is 1. The molecular weight excluding hydrogens is 216 g/mol. The molecule has 0 spiro atoms. The average Bonchev–Trinajstić information content (AvgIpc) is 2.89. The third kappa shape index (κ3) is 3.25. The van der Waals surface area contributed by atoms with Crippen molar-refractivity contribution in [1.82, 2.24) is 0 Å². The zero-order chi connectivity index (χ0) is 11.9. The highest BCUT2D eigenvalue weighted by Gasteiger charge is 2.06. The molecule has 0 aliphatic carbocycles. The van der Waals surface area contributed by atoms with Crippen molar-refractivity contribution in [2.24, 2.45) is 0 Å². The molecule has 0 aliphatic heterocycles. The van der Waals surface area contributed by atoms with E-state index in [4.69, 9.17) is 9.15 Å². The number of ether oxygens (including phenoxy) is 1. The monoisotopic (exact) mass is 226 g/mol. The minimum atomic E-state index is -0.430. The van der Waals surface area contributed by atoms with Crippen molar-refractivity contribution in [2.75, 3.05) is 6.61 Å². The van der Waals surface area contributed by atoms with Gasteiger partial charge in [-0.1, -0.05) is 30.0 Å². The number of hydrogen-bond donors (Lipinski definition) is 0. The van der Waals surface area contributed by atoms with Gasteiger partial charge in [0.05, 0.1) is 11.8 Å². The van der Waals surface area contributed by atoms with Crippen LogP contribution in [0.15, 0.2) is 53.3 Å². The van der Waals surface area contributed by atoms with E-state index in [9.17, 15) is 4.79 Å². The van der Waals surface area contributed by atoms with Crippen LogP contribution < -0.4 is 0 Å². The van der Waals surface area contributed by atoms with Crippen molar-refractivity contribution < 1.29 is 13.9 Å². The Hall–Kier alpha value is -2.47. The molecule has 0 saturated heterocycles. The largest absolute Gasteiger partial charge is 0.472 e. The summed E-state index contributed by atoms with van der Waals surface area (Å²) in [5.74, 6) is 5.24. The molecule has 17 heavy (non-hydrogen) atoms. The van der Waals surface area contributed by atoms with Gasteiger partial charge in [-0.05, 0) is 18.2 Å². The fourth-order valence-electron chi connectivity index (χ4n) is 1.23. The second kappa shape index (κ2) is 5.57. The molecule has 84 valence electrons. The van der Waals surface area contributed by atoms with Gasteiger partial charge in [-0.25, -0.2) is 4.79 Å². The van der Waals surface area contributed by atoms with Crippen LogP contribution in [0.3, 0.4) is 0 Å². The lowest BCUT2D eigenvalue weighted by Gasteiger charge is -1.95. The zero-order valence-corrected chi connectivity index (χ0v) is 9.05. The molecule has 1 heterocycles. The lowest BCUT2D eigenvalue weighted by atomic mass is 10.2. The minimum absolute atomic E-state index is 0.0684. The fourth-order valence-corrected chi connectivity index (χ4v) is 1.23. The molecule has 0 N–H and O–H groups in total. The van der Waals surface area contributed by atoms with E-state index in [1.54, 1.807) is 6.07 Å². The summed E-state index contributed by atoms with van der Waals surface area (Å²) in [5.41, 5.74) is 1.29. The van der Waals surface area contributed by atoms with Gasteiger partial charge < -0.3 is 9.15 Å². The van der Waals surface area contributed by atoms with Crippen LogP contribution in [0.5, 0.6) is 0 Å². The van der Waals surface area contributed by atoms with E-state index >= 15 is 0 Å². The topological polar surface area (TPSA) is 39.4 Å². The molecule has 2 aromatic rings. The van der Waals surface area contributed by atoms with Gasteiger partial charge in [-0.2, -0.15) is 0 Å². The number of esters is 1. The molecule has 3 nitrogen and oxygen atoms in total. The van der Waals surface area contributed by atoms with Gasteiger partial charge >= 0.3 is 5.97 Å². The smallest absolute Gasteiger partial charge is 0.342 e. The lowest BCUT2D eigenvalue weighted by molar-refractivity contribution is 0.0556. The van der Waals surface area contributed by atoms with Crippen LogP contribution in [0.2, 0.25) is 0 Å². The Morgan fingerprint density at radius 2 is 2.06 bits per heavy atom. The van der Waals surface area contributed by atoms with Crippen molar-refractivity contribution in [1.29, 1.82) is 0 Å². The molecule has 0 bridgehead atoms. The van der Waals surface area contributed by atoms with Gasteiger partial charge in [0.1, 0.15) is 6.26 Å². The third-order valence-corrected chi connectivity index (χ3v) is 2.04. The second-order valence-electron chi connectivity index (χ2n) is 3.26. The number of furan rings is 1. The van der Waals surface area contributed by atoms with Crippen LogP contribution in [0.25, 0.3) is 0 Å². The van der Waals surface area contributed by atoms with Gasteiger partial charge in [0.25, 0.3) is 0 Å². The molecule has 2 rings (SSSR count). The highest BCUT2D eigenvalue weighted by Crippen LogP contribution is 2.01. The zero-order valence-electron chi connectivity index (χ0n) is 9.05. The second-order valence-corrected chi connectivity index (χ2v) is 3.26.